The van der Waals surface area contributed by atoms with Gasteiger partial charge in [-0.05, 0) is 38.3 Å². The van der Waals surface area contributed by atoms with E-state index in [-0.39, 0.29) is 6.04 Å². The lowest BCUT2D eigenvalue weighted by Gasteiger charge is -2.33. The monoisotopic (exact) mass is 248 g/mol. The SMILES string of the molecule is CCCCN(c1ccccc1[C@@H](C)N)C(C)CC. The maximum absolute atomic E-state index is 6.10. The van der Waals surface area contributed by atoms with E-state index in [0.29, 0.717) is 6.04 Å². The summed E-state index contributed by atoms with van der Waals surface area (Å²) in [6.45, 7) is 9.97. The summed E-state index contributed by atoms with van der Waals surface area (Å²) in [6.07, 6.45) is 3.63. The molecule has 0 radical (unpaired) electrons. The number of nitrogens with two attached hydrogens (primary N) is 1. The van der Waals surface area contributed by atoms with Crippen LogP contribution in [0.15, 0.2) is 24.3 Å². The molecular weight excluding hydrogens is 220 g/mol. The van der Waals surface area contributed by atoms with E-state index in [0.717, 1.165) is 13.0 Å². The number of benzene rings is 1. The second-order valence-electron chi connectivity index (χ2n) is 5.15. The van der Waals surface area contributed by atoms with Gasteiger partial charge in [0, 0.05) is 24.3 Å². The van der Waals surface area contributed by atoms with Gasteiger partial charge in [-0.15, -0.1) is 0 Å². The van der Waals surface area contributed by atoms with Crippen molar-refractivity contribution in [3.63, 3.8) is 0 Å². The van der Waals surface area contributed by atoms with Crippen molar-refractivity contribution in [1.29, 1.82) is 0 Å². The van der Waals surface area contributed by atoms with Crippen LogP contribution in [0.5, 0.6) is 0 Å². The molecule has 1 rings (SSSR count). The molecule has 0 aliphatic carbocycles. The van der Waals surface area contributed by atoms with Crippen LogP contribution >= 0.6 is 0 Å². The molecule has 0 saturated carbocycles. The van der Waals surface area contributed by atoms with Crippen molar-refractivity contribution in [2.75, 3.05) is 11.4 Å². The number of anilines is 1. The molecule has 1 aromatic rings. The molecule has 2 N–H and O–H groups in total. The Bertz CT molecular complexity index is 347. The van der Waals surface area contributed by atoms with Gasteiger partial charge in [0.15, 0.2) is 0 Å². The van der Waals surface area contributed by atoms with Gasteiger partial charge >= 0.3 is 0 Å². The van der Waals surface area contributed by atoms with Crippen LogP contribution in [-0.2, 0) is 0 Å². The molecule has 0 aliphatic heterocycles. The van der Waals surface area contributed by atoms with Crippen molar-refractivity contribution in [2.24, 2.45) is 5.73 Å². The second kappa shape index (κ2) is 7.42. The number of unbranched alkanes of at least 4 members (excludes halogenated alkanes) is 1. The Kier molecular flexibility index (Phi) is 6.20. The molecule has 0 amide bonds. The van der Waals surface area contributed by atoms with Gasteiger partial charge in [0.2, 0.25) is 0 Å². The first-order valence-electron chi connectivity index (χ1n) is 7.22. The van der Waals surface area contributed by atoms with Crippen molar-refractivity contribution in [1.82, 2.24) is 0 Å². The Hall–Kier alpha value is -1.02. The molecule has 0 heterocycles. The van der Waals surface area contributed by atoms with Gasteiger partial charge < -0.3 is 10.6 Å². The topological polar surface area (TPSA) is 29.3 Å². The maximum atomic E-state index is 6.10. The molecule has 2 nitrogen and oxygen atoms in total. The summed E-state index contributed by atoms with van der Waals surface area (Å²) in [4.78, 5) is 2.52. The third-order valence-corrected chi connectivity index (χ3v) is 3.61. The van der Waals surface area contributed by atoms with Crippen LogP contribution in [0, 0.1) is 0 Å². The third-order valence-electron chi connectivity index (χ3n) is 3.61. The highest BCUT2D eigenvalue weighted by atomic mass is 15.2. The molecule has 0 aliphatic rings. The molecule has 0 fully saturated rings. The van der Waals surface area contributed by atoms with E-state index in [1.54, 1.807) is 0 Å². The normalized spacial score (nSPS) is 14.3. The molecule has 2 atom stereocenters. The van der Waals surface area contributed by atoms with Crippen LogP contribution in [0.25, 0.3) is 0 Å². The number of hydrogen-bond acceptors (Lipinski definition) is 2. The van der Waals surface area contributed by atoms with E-state index in [1.165, 1.54) is 24.1 Å². The van der Waals surface area contributed by atoms with Gasteiger partial charge in [-0.1, -0.05) is 38.5 Å². The van der Waals surface area contributed by atoms with Crippen molar-refractivity contribution in [2.45, 2.75) is 59.0 Å². The zero-order valence-corrected chi connectivity index (χ0v) is 12.3. The molecular formula is C16H28N2. The van der Waals surface area contributed by atoms with Crippen molar-refractivity contribution in [3.05, 3.63) is 29.8 Å². The molecule has 1 aromatic carbocycles. The Balaban J connectivity index is 3.03. The summed E-state index contributed by atoms with van der Waals surface area (Å²) < 4.78 is 0. The van der Waals surface area contributed by atoms with E-state index < -0.39 is 0 Å². The minimum atomic E-state index is 0.0920. The number of rotatable bonds is 7. The van der Waals surface area contributed by atoms with Crippen LogP contribution in [0.3, 0.4) is 0 Å². The average Bonchev–Trinajstić information content (AvgIpc) is 2.39. The number of para-hydroxylation sites is 1. The molecule has 2 heteroatoms. The fourth-order valence-corrected chi connectivity index (χ4v) is 2.26. The third kappa shape index (κ3) is 3.74. The van der Waals surface area contributed by atoms with Crippen molar-refractivity contribution in [3.8, 4) is 0 Å². The zero-order valence-electron chi connectivity index (χ0n) is 12.3. The Morgan fingerprint density at radius 2 is 1.83 bits per heavy atom. The minimum Gasteiger partial charge on any atom is -0.369 e. The predicted molar refractivity (Wildman–Crippen MR) is 81.1 cm³/mol. The van der Waals surface area contributed by atoms with Crippen molar-refractivity contribution < 1.29 is 0 Å². The lowest BCUT2D eigenvalue weighted by molar-refractivity contribution is 0.591. The number of hydrogen-bond donors (Lipinski definition) is 1. The van der Waals surface area contributed by atoms with Crippen LogP contribution < -0.4 is 10.6 Å². The smallest absolute Gasteiger partial charge is 0.0416 e. The predicted octanol–water partition coefficient (Wildman–Crippen LogP) is 4.11. The largest absolute Gasteiger partial charge is 0.369 e. The van der Waals surface area contributed by atoms with Crippen molar-refractivity contribution >= 4 is 5.69 Å². The van der Waals surface area contributed by atoms with Gasteiger partial charge in [0.1, 0.15) is 0 Å². The Morgan fingerprint density at radius 3 is 2.39 bits per heavy atom. The fourth-order valence-electron chi connectivity index (χ4n) is 2.26. The summed E-state index contributed by atoms with van der Waals surface area (Å²) >= 11 is 0. The van der Waals surface area contributed by atoms with Gasteiger partial charge in [-0.25, -0.2) is 0 Å². The molecule has 0 aromatic heterocycles. The maximum Gasteiger partial charge on any atom is 0.0416 e. The average molecular weight is 248 g/mol. The highest BCUT2D eigenvalue weighted by Crippen LogP contribution is 2.27. The highest BCUT2D eigenvalue weighted by molar-refractivity contribution is 5.55. The van der Waals surface area contributed by atoms with Gasteiger partial charge in [0.25, 0.3) is 0 Å². The Labute approximate surface area is 112 Å². The van der Waals surface area contributed by atoms with Gasteiger partial charge in [-0.2, -0.15) is 0 Å². The molecule has 1 unspecified atom stereocenters. The van der Waals surface area contributed by atoms with E-state index >= 15 is 0 Å². The van der Waals surface area contributed by atoms with Gasteiger partial charge in [0.05, 0.1) is 0 Å². The number of nitrogens with zero attached hydrogens (tertiary/aromatic N) is 1. The molecule has 0 bridgehead atoms. The summed E-state index contributed by atoms with van der Waals surface area (Å²) in [5.41, 5.74) is 8.67. The van der Waals surface area contributed by atoms with E-state index in [4.69, 9.17) is 5.73 Å². The van der Waals surface area contributed by atoms with E-state index in [2.05, 4.69) is 56.9 Å². The first-order valence-corrected chi connectivity index (χ1v) is 7.22. The fraction of sp³-hybridized carbons (Fsp3) is 0.625. The molecule has 0 spiro atoms. The summed E-state index contributed by atoms with van der Waals surface area (Å²) in [6, 6.07) is 9.21. The summed E-state index contributed by atoms with van der Waals surface area (Å²) in [5, 5.41) is 0. The van der Waals surface area contributed by atoms with Crippen LogP contribution in [0.4, 0.5) is 5.69 Å². The molecule has 0 saturated heterocycles. The second-order valence-corrected chi connectivity index (χ2v) is 5.15. The van der Waals surface area contributed by atoms with E-state index in [9.17, 15) is 0 Å². The van der Waals surface area contributed by atoms with E-state index in [1.807, 2.05) is 0 Å². The molecule has 102 valence electrons. The molecule has 18 heavy (non-hydrogen) atoms. The zero-order chi connectivity index (χ0) is 13.5. The summed E-state index contributed by atoms with van der Waals surface area (Å²) in [7, 11) is 0. The minimum absolute atomic E-state index is 0.0920. The lowest BCUT2D eigenvalue weighted by Crippen LogP contribution is -2.34. The van der Waals surface area contributed by atoms with Crippen LogP contribution in [-0.4, -0.2) is 12.6 Å². The lowest BCUT2D eigenvalue weighted by atomic mass is 10.0. The standard InChI is InChI=1S/C16H28N2/c1-5-7-12-18(13(3)6-2)16-11-9-8-10-15(16)14(4)17/h8-11,13-14H,5-7,12,17H2,1-4H3/t13?,14-/m1/s1. The first kappa shape index (κ1) is 15.0. The van der Waals surface area contributed by atoms with Crippen LogP contribution in [0.1, 0.15) is 58.6 Å². The van der Waals surface area contributed by atoms with Crippen LogP contribution in [0.2, 0.25) is 0 Å². The van der Waals surface area contributed by atoms with Gasteiger partial charge in [-0.3, -0.25) is 0 Å². The highest BCUT2D eigenvalue weighted by Gasteiger charge is 2.16. The summed E-state index contributed by atoms with van der Waals surface area (Å²) in [5.74, 6) is 0. The quantitative estimate of drug-likeness (QED) is 0.786. The Morgan fingerprint density at radius 1 is 1.17 bits per heavy atom. The first-order chi connectivity index (χ1) is 8.61.